The molecule has 0 aromatic carbocycles. The fraction of sp³-hybridized carbons (Fsp3) is 0.857. The van der Waals surface area contributed by atoms with Crippen molar-refractivity contribution in [1.29, 1.82) is 0 Å². The van der Waals surface area contributed by atoms with Crippen LogP contribution in [-0.2, 0) is 4.79 Å². The molecule has 1 atom stereocenters. The van der Waals surface area contributed by atoms with Gasteiger partial charge in [0.15, 0.2) is 0 Å². The van der Waals surface area contributed by atoms with Crippen molar-refractivity contribution in [3.63, 3.8) is 0 Å². The normalized spacial score (nSPS) is 12.2. The van der Waals surface area contributed by atoms with Gasteiger partial charge in [-0.15, -0.1) is 0 Å². The van der Waals surface area contributed by atoms with Crippen LogP contribution in [0, 0.1) is 5.92 Å². The number of rotatable bonds is 11. The zero-order chi connectivity index (χ0) is 15.4. The Bertz CT molecular complexity index is 283. The van der Waals surface area contributed by atoms with Crippen LogP contribution in [0.15, 0.2) is 0 Å². The van der Waals surface area contributed by atoms with E-state index in [9.17, 15) is 9.59 Å². The van der Waals surface area contributed by atoms with Gasteiger partial charge in [-0.05, 0) is 32.9 Å². The Hall–Kier alpha value is -1.30. The zero-order valence-electron chi connectivity index (χ0n) is 12.9. The smallest absolute Gasteiger partial charge is 0.314 e. The van der Waals surface area contributed by atoms with Crippen LogP contribution in [0.2, 0.25) is 0 Å². The Morgan fingerprint density at radius 2 is 1.75 bits per heavy atom. The molecule has 3 N–H and O–H groups in total. The highest BCUT2D eigenvalue weighted by atomic mass is 16.4. The lowest BCUT2D eigenvalue weighted by molar-refractivity contribution is -0.137. The second-order valence-electron chi connectivity index (χ2n) is 5.36. The third-order valence-corrected chi connectivity index (χ3v) is 3.15. The fourth-order valence-electron chi connectivity index (χ4n) is 2.01. The molecule has 0 aliphatic carbocycles. The Morgan fingerprint density at radius 3 is 2.30 bits per heavy atom. The van der Waals surface area contributed by atoms with E-state index >= 15 is 0 Å². The number of carboxylic acid groups (broad SMARTS) is 1. The van der Waals surface area contributed by atoms with Gasteiger partial charge in [0, 0.05) is 26.1 Å². The molecule has 0 bridgehead atoms. The van der Waals surface area contributed by atoms with Crippen LogP contribution in [0.25, 0.3) is 0 Å². The van der Waals surface area contributed by atoms with E-state index in [1.54, 1.807) is 0 Å². The Morgan fingerprint density at radius 1 is 1.10 bits per heavy atom. The lowest BCUT2D eigenvalue weighted by Crippen LogP contribution is -2.39. The van der Waals surface area contributed by atoms with E-state index < -0.39 is 5.97 Å². The number of likely N-dealkylation sites (N-methyl/N-ethyl adjacent to an activating group) is 1. The monoisotopic (exact) mass is 287 g/mol. The zero-order valence-corrected chi connectivity index (χ0v) is 12.9. The van der Waals surface area contributed by atoms with E-state index in [-0.39, 0.29) is 12.5 Å². The summed E-state index contributed by atoms with van der Waals surface area (Å²) in [6, 6.07) is -0.152. The predicted molar refractivity (Wildman–Crippen MR) is 79.8 cm³/mol. The van der Waals surface area contributed by atoms with Gasteiger partial charge in [0.2, 0.25) is 0 Å². The molecule has 0 fully saturated rings. The fourth-order valence-corrected chi connectivity index (χ4v) is 2.01. The molecule has 118 valence electrons. The minimum absolute atomic E-state index is 0.152. The van der Waals surface area contributed by atoms with Crippen molar-refractivity contribution < 1.29 is 14.7 Å². The van der Waals surface area contributed by atoms with Gasteiger partial charge in [-0.1, -0.05) is 19.8 Å². The van der Waals surface area contributed by atoms with Crippen molar-refractivity contribution in [2.24, 2.45) is 5.92 Å². The largest absolute Gasteiger partial charge is 0.481 e. The maximum Gasteiger partial charge on any atom is 0.314 e. The van der Waals surface area contributed by atoms with E-state index in [1.807, 2.05) is 19.0 Å². The number of nitrogens with zero attached hydrogens (tertiary/aromatic N) is 1. The Kier molecular flexibility index (Phi) is 10.8. The van der Waals surface area contributed by atoms with Crippen molar-refractivity contribution >= 4 is 12.0 Å². The molecule has 0 aliphatic heterocycles. The van der Waals surface area contributed by atoms with Crippen LogP contribution in [0.3, 0.4) is 0 Å². The SMILES string of the molecule is CCCC(CCNC(=O)NCCN(C)C)CCC(=O)O. The molecule has 0 aliphatic rings. The third kappa shape index (κ3) is 11.8. The summed E-state index contributed by atoms with van der Waals surface area (Å²) < 4.78 is 0. The number of hydrogen-bond acceptors (Lipinski definition) is 3. The summed E-state index contributed by atoms with van der Waals surface area (Å²) in [4.78, 5) is 24.1. The van der Waals surface area contributed by atoms with E-state index in [0.29, 0.717) is 25.4 Å². The number of nitrogens with one attached hydrogen (secondary N) is 2. The minimum atomic E-state index is -0.750. The average molecular weight is 287 g/mol. The molecule has 6 heteroatoms. The summed E-state index contributed by atoms with van der Waals surface area (Å²) in [5.41, 5.74) is 0. The molecular weight excluding hydrogens is 258 g/mol. The highest BCUT2D eigenvalue weighted by Gasteiger charge is 2.10. The summed E-state index contributed by atoms with van der Waals surface area (Å²) in [5, 5.41) is 14.3. The van der Waals surface area contributed by atoms with Crippen molar-refractivity contribution in [1.82, 2.24) is 15.5 Å². The summed E-state index contributed by atoms with van der Waals surface area (Å²) in [6.07, 6.45) is 3.78. The van der Waals surface area contributed by atoms with E-state index in [4.69, 9.17) is 5.11 Å². The van der Waals surface area contributed by atoms with Crippen molar-refractivity contribution in [2.75, 3.05) is 33.7 Å². The molecule has 0 aromatic heterocycles. The first kappa shape index (κ1) is 18.7. The van der Waals surface area contributed by atoms with Gasteiger partial charge in [0.05, 0.1) is 0 Å². The Labute approximate surface area is 121 Å². The number of carbonyl (C=O) groups excluding carboxylic acids is 1. The van der Waals surface area contributed by atoms with Crippen molar-refractivity contribution in [3.8, 4) is 0 Å². The maximum absolute atomic E-state index is 11.5. The van der Waals surface area contributed by atoms with Crippen LogP contribution in [0.5, 0.6) is 0 Å². The molecule has 6 nitrogen and oxygen atoms in total. The number of urea groups is 1. The second-order valence-corrected chi connectivity index (χ2v) is 5.36. The molecule has 2 amide bonds. The molecular formula is C14H29N3O3. The number of aliphatic carboxylic acids is 1. The number of carboxylic acids is 1. The first-order valence-electron chi connectivity index (χ1n) is 7.34. The summed E-state index contributed by atoms with van der Waals surface area (Å²) in [6.45, 7) is 4.12. The second kappa shape index (κ2) is 11.5. The molecule has 0 radical (unpaired) electrons. The van der Waals surface area contributed by atoms with Crippen LogP contribution in [0.4, 0.5) is 4.79 Å². The number of hydrogen-bond donors (Lipinski definition) is 3. The first-order valence-corrected chi connectivity index (χ1v) is 7.34. The van der Waals surface area contributed by atoms with Crippen molar-refractivity contribution in [3.05, 3.63) is 0 Å². The maximum atomic E-state index is 11.5. The quantitative estimate of drug-likeness (QED) is 0.538. The van der Waals surface area contributed by atoms with Gasteiger partial charge in [-0.2, -0.15) is 0 Å². The third-order valence-electron chi connectivity index (χ3n) is 3.15. The molecule has 0 saturated heterocycles. The van der Waals surface area contributed by atoms with E-state index in [0.717, 1.165) is 25.8 Å². The van der Waals surface area contributed by atoms with Gasteiger partial charge >= 0.3 is 12.0 Å². The lowest BCUT2D eigenvalue weighted by Gasteiger charge is -2.16. The van der Waals surface area contributed by atoms with Gasteiger partial charge in [-0.25, -0.2) is 4.79 Å². The summed E-state index contributed by atoms with van der Waals surface area (Å²) in [5.74, 6) is -0.376. The number of amides is 2. The standard InChI is InChI=1S/C14H29N3O3/c1-4-5-12(6-7-13(18)19)8-9-15-14(20)16-10-11-17(2)3/h12H,4-11H2,1-3H3,(H,18,19)(H2,15,16,20). The Balaban J connectivity index is 3.75. The summed E-state index contributed by atoms with van der Waals surface area (Å²) >= 11 is 0. The van der Waals surface area contributed by atoms with Gasteiger partial charge < -0.3 is 20.6 Å². The lowest BCUT2D eigenvalue weighted by atomic mass is 9.94. The molecule has 0 saturated carbocycles. The van der Waals surface area contributed by atoms with Crippen LogP contribution >= 0.6 is 0 Å². The topological polar surface area (TPSA) is 81.7 Å². The predicted octanol–water partition coefficient (Wildman–Crippen LogP) is 1.52. The van der Waals surface area contributed by atoms with Gasteiger partial charge in [0.1, 0.15) is 0 Å². The number of carbonyl (C=O) groups is 2. The van der Waals surface area contributed by atoms with Crippen LogP contribution in [-0.4, -0.2) is 55.7 Å². The van der Waals surface area contributed by atoms with Crippen LogP contribution < -0.4 is 10.6 Å². The van der Waals surface area contributed by atoms with E-state index in [1.165, 1.54) is 0 Å². The average Bonchev–Trinajstić information content (AvgIpc) is 2.35. The van der Waals surface area contributed by atoms with Gasteiger partial charge in [-0.3, -0.25) is 4.79 Å². The minimum Gasteiger partial charge on any atom is -0.481 e. The highest BCUT2D eigenvalue weighted by Crippen LogP contribution is 2.16. The molecule has 0 aromatic rings. The van der Waals surface area contributed by atoms with Crippen LogP contribution in [0.1, 0.15) is 39.0 Å². The first-order chi connectivity index (χ1) is 9.45. The molecule has 1 unspecified atom stereocenters. The summed E-state index contributed by atoms with van der Waals surface area (Å²) in [7, 11) is 3.91. The molecule has 0 heterocycles. The molecule has 20 heavy (non-hydrogen) atoms. The van der Waals surface area contributed by atoms with E-state index in [2.05, 4.69) is 17.6 Å². The highest BCUT2D eigenvalue weighted by molar-refractivity contribution is 5.73. The molecule has 0 spiro atoms. The molecule has 0 rings (SSSR count). The van der Waals surface area contributed by atoms with Gasteiger partial charge in [0.25, 0.3) is 0 Å². The van der Waals surface area contributed by atoms with Crippen molar-refractivity contribution in [2.45, 2.75) is 39.0 Å².